The summed E-state index contributed by atoms with van der Waals surface area (Å²) in [6.45, 7) is 2.74. The fraction of sp³-hybridized carbons (Fsp3) is 0.600. The maximum Gasteiger partial charge on any atom is 0.408 e. The fourth-order valence-corrected chi connectivity index (χ4v) is 2.84. The average Bonchev–Trinajstić information content (AvgIpc) is 2.66. The van der Waals surface area contributed by atoms with Crippen molar-refractivity contribution in [3.63, 3.8) is 0 Å². The van der Waals surface area contributed by atoms with Crippen LogP contribution in [0.25, 0.3) is 0 Å². The van der Waals surface area contributed by atoms with Crippen molar-refractivity contribution in [3.8, 4) is 0 Å². The molecule has 26 heavy (non-hydrogen) atoms. The highest BCUT2D eigenvalue weighted by Crippen LogP contribution is 2.07. The van der Waals surface area contributed by atoms with E-state index in [1.165, 1.54) is 12.8 Å². The van der Waals surface area contributed by atoms with E-state index in [1.54, 1.807) is 11.8 Å². The van der Waals surface area contributed by atoms with Gasteiger partial charge in [0.25, 0.3) is 0 Å². The van der Waals surface area contributed by atoms with Crippen LogP contribution in [0.2, 0.25) is 0 Å². The standard InChI is InChI=1S/C20H31NO4S/c1-3-4-5-6-10-14-24-19(22)18(13-15-26-2)21-20(23)25-16-17-11-8-7-9-12-17/h7-9,11-12,18H,3-6,10,13-16H2,1-2H3,(H,21,23). The van der Waals surface area contributed by atoms with Gasteiger partial charge in [-0.1, -0.05) is 62.9 Å². The van der Waals surface area contributed by atoms with Crippen molar-refractivity contribution < 1.29 is 19.1 Å². The lowest BCUT2D eigenvalue weighted by molar-refractivity contribution is -0.146. The summed E-state index contributed by atoms with van der Waals surface area (Å²) in [7, 11) is 0. The van der Waals surface area contributed by atoms with Crippen molar-refractivity contribution in [1.82, 2.24) is 5.32 Å². The van der Waals surface area contributed by atoms with E-state index in [-0.39, 0.29) is 12.6 Å². The number of carbonyl (C=O) groups excluding carboxylic acids is 2. The maximum atomic E-state index is 12.2. The van der Waals surface area contributed by atoms with Gasteiger partial charge in [0.1, 0.15) is 12.6 Å². The number of carbonyl (C=O) groups is 2. The lowest BCUT2D eigenvalue weighted by Gasteiger charge is -2.17. The normalized spacial score (nSPS) is 11.6. The molecule has 5 nitrogen and oxygen atoms in total. The van der Waals surface area contributed by atoms with Gasteiger partial charge in [0, 0.05) is 0 Å². The fourth-order valence-electron chi connectivity index (χ4n) is 2.37. The van der Waals surface area contributed by atoms with E-state index >= 15 is 0 Å². The smallest absolute Gasteiger partial charge is 0.408 e. The predicted molar refractivity (Wildman–Crippen MR) is 106 cm³/mol. The Morgan fingerprint density at radius 3 is 2.50 bits per heavy atom. The van der Waals surface area contributed by atoms with Gasteiger partial charge in [-0.25, -0.2) is 9.59 Å². The molecular formula is C20H31NO4S. The largest absolute Gasteiger partial charge is 0.464 e. The third-order valence-corrected chi connectivity index (χ3v) is 4.54. The van der Waals surface area contributed by atoms with Crippen LogP contribution in [0.5, 0.6) is 0 Å². The van der Waals surface area contributed by atoms with E-state index in [0.717, 1.165) is 30.6 Å². The molecular weight excluding hydrogens is 350 g/mol. The minimum Gasteiger partial charge on any atom is -0.464 e. The predicted octanol–water partition coefficient (Wildman–Crippen LogP) is 4.55. The molecule has 1 atom stereocenters. The monoisotopic (exact) mass is 381 g/mol. The summed E-state index contributed by atoms with van der Waals surface area (Å²) in [5.74, 6) is 0.376. The molecule has 0 aliphatic heterocycles. The molecule has 0 fully saturated rings. The SMILES string of the molecule is CCCCCCCOC(=O)C(CCSC)NC(=O)OCc1ccccc1. The minimum absolute atomic E-state index is 0.175. The van der Waals surface area contributed by atoms with Gasteiger partial charge < -0.3 is 14.8 Å². The van der Waals surface area contributed by atoms with Crippen molar-refractivity contribution in [2.24, 2.45) is 0 Å². The van der Waals surface area contributed by atoms with Crippen LogP contribution in [0.4, 0.5) is 4.79 Å². The first-order valence-electron chi connectivity index (χ1n) is 9.30. The summed E-state index contributed by atoms with van der Waals surface area (Å²) in [6.07, 6.45) is 7.36. The Kier molecular flexibility index (Phi) is 12.4. The third kappa shape index (κ3) is 10.3. The molecule has 1 N–H and O–H groups in total. The number of amides is 1. The van der Waals surface area contributed by atoms with Crippen LogP contribution in [-0.2, 0) is 20.9 Å². The summed E-state index contributed by atoms with van der Waals surface area (Å²) in [5, 5.41) is 2.63. The van der Waals surface area contributed by atoms with Crippen LogP contribution in [-0.4, -0.2) is 36.7 Å². The minimum atomic E-state index is -0.665. The number of thioether (sulfide) groups is 1. The zero-order valence-corrected chi connectivity index (χ0v) is 16.7. The van der Waals surface area contributed by atoms with E-state index < -0.39 is 12.1 Å². The first kappa shape index (κ1) is 22.4. The maximum absolute atomic E-state index is 12.2. The number of unbranched alkanes of at least 4 members (excludes halogenated alkanes) is 4. The molecule has 6 heteroatoms. The molecule has 0 radical (unpaired) electrons. The van der Waals surface area contributed by atoms with Crippen molar-refractivity contribution in [3.05, 3.63) is 35.9 Å². The topological polar surface area (TPSA) is 64.6 Å². The van der Waals surface area contributed by atoms with Gasteiger partial charge in [-0.3, -0.25) is 0 Å². The zero-order valence-electron chi connectivity index (χ0n) is 15.9. The second-order valence-electron chi connectivity index (χ2n) is 6.12. The van der Waals surface area contributed by atoms with E-state index in [1.807, 2.05) is 36.6 Å². The number of rotatable bonds is 13. The Hall–Kier alpha value is -1.69. The number of hydrogen-bond donors (Lipinski definition) is 1. The number of hydrogen-bond acceptors (Lipinski definition) is 5. The molecule has 0 heterocycles. The molecule has 0 aliphatic carbocycles. The van der Waals surface area contributed by atoms with E-state index in [0.29, 0.717) is 13.0 Å². The lowest BCUT2D eigenvalue weighted by atomic mass is 10.2. The number of alkyl carbamates (subject to hydrolysis) is 1. The van der Waals surface area contributed by atoms with Gasteiger partial charge in [-0.2, -0.15) is 11.8 Å². The van der Waals surface area contributed by atoms with Gasteiger partial charge >= 0.3 is 12.1 Å². The lowest BCUT2D eigenvalue weighted by Crippen LogP contribution is -2.42. The molecule has 1 rings (SSSR count). The molecule has 1 aromatic rings. The summed E-state index contributed by atoms with van der Waals surface area (Å²) >= 11 is 1.62. The van der Waals surface area contributed by atoms with Crippen LogP contribution in [0.3, 0.4) is 0 Å². The molecule has 1 amide bonds. The number of ether oxygens (including phenoxy) is 2. The highest BCUT2D eigenvalue weighted by atomic mass is 32.2. The quantitative estimate of drug-likeness (QED) is 0.401. The van der Waals surface area contributed by atoms with E-state index in [9.17, 15) is 9.59 Å². The van der Waals surface area contributed by atoms with E-state index in [2.05, 4.69) is 12.2 Å². The molecule has 0 spiro atoms. The van der Waals surface area contributed by atoms with Crippen molar-refractivity contribution in [2.75, 3.05) is 18.6 Å². The Bertz CT molecular complexity index is 510. The second kappa shape index (κ2) is 14.5. The molecule has 1 aromatic carbocycles. The zero-order chi connectivity index (χ0) is 19.0. The van der Waals surface area contributed by atoms with Crippen LogP contribution >= 0.6 is 11.8 Å². The van der Waals surface area contributed by atoms with Crippen molar-refractivity contribution in [2.45, 2.75) is 58.1 Å². The first-order chi connectivity index (χ1) is 12.7. The van der Waals surface area contributed by atoms with Gasteiger partial charge in [0.15, 0.2) is 0 Å². The summed E-state index contributed by atoms with van der Waals surface area (Å²) in [6, 6.07) is 8.77. The van der Waals surface area contributed by atoms with Gasteiger partial charge in [-0.05, 0) is 30.4 Å². The first-order valence-corrected chi connectivity index (χ1v) is 10.7. The average molecular weight is 382 g/mol. The Morgan fingerprint density at radius 1 is 1.08 bits per heavy atom. The highest BCUT2D eigenvalue weighted by Gasteiger charge is 2.22. The number of benzene rings is 1. The molecule has 0 bridgehead atoms. The van der Waals surface area contributed by atoms with Crippen LogP contribution < -0.4 is 5.32 Å². The molecule has 146 valence electrons. The van der Waals surface area contributed by atoms with Crippen LogP contribution in [0, 0.1) is 0 Å². The molecule has 0 saturated heterocycles. The Balaban J connectivity index is 2.36. The highest BCUT2D eigenvalue weighted by molar-refractivity contribution is 7.98. The van der Waals surface area contributed by atoms with Crippen molar-refractivity contribution >= 4 is 23.8 Å². The Labute approximate surface area is 161 Å². The second-order valence-corrected chi connectivity index (χ2v) is 7.11. The van der Waals surface area contributed by atoms with E-state index in [4.69, 9.17) is 9.47 Å². The molecule has 1 unspecified atom stereocenters. The number of esters is 1. The summed E-state index contributed by atoms with van der Waals surface area (Å²) in [4.78, 5) is 24.2. The number of nitrogens with one attached hydrogen (secondary N) is 1. The van der Waals surface area contributed by atoms with Crippen LogP contribution in [0.15, 0.2) is 30.3 Å². The van der Waals surface area contributed by atoms with Crippen LogP contribution in [0.1, 0.15) is 51.0 Å². The molecule has 0 aromatic heterocycles. The molecule has 0 saturated carbocycles. The summed E-state index contributed by atoms with van der Waals surface area (Å²) in [5.41, 5.74) is 0.901. The molecule has 0 aliphatic rings. The van der Waals surface area contributed by atoms with Gasteiger partial charge in [0.05, 0.1) is 6.61 Å². The Morgan fingerprint density at radius 2 is 1.81 bits per heavy atom. The summed E-state index contributed by atoms with van der Waals surface area (Å²) < 4.78 is 10.5. The van der Waals surface area contributed by atoms with Crippen molar-refractivity contribution in [1.29, 1.82) is 0 Å². The van der Waals surface area contributed by atoms with Gasteiger partial charge in [0.2, 0.25) is 0 Å². The third-order valence-electron chi connectivity index (χ3n) is 3.89. The van der Waals surface area contributed by atoms with Gasteiger partial charge in [-0.15, -0.1) is 0 Å².